The van der Waals surface area contributed by atoms with Gasteiger partial charge in [0.1, 0.15) is 6.17 Å². The van der Waals surface area contributed by atoms with E-state index < -0.39 is 6.17 Å². The van der Waals surface area contributed by atoms with Gasteiger partial charge in [-0.2, -0.15) is 0 Å². The summed E-state index contributed by atoms with van der Waals surface area (Å²) in [4.78, 5) is 0. The van der Waals surface area contributed by atoms with Crippen molar-refractivity contribution in [1.82, 2.24) is 0 Å². The molecule has 0 aromatic rings. The predicted molar refractivity (Wildman–Crippen MR) is 35.5 cm³/mol. The lowest BCUT2D eigenvalue weighted by Gasteiger charge is -2.42. The first-order chi connectivity index (χ1) is 4.72. The topological polar surface area (TPSA) is 29.5 Å². The van der Waals surface area contributed by atoms with Crippen LogP contribution in [0.4, 0.5) is 4.39 Å². The van der Waals surface area contributed by atoms with E-state index in [0.29, 0.717) is 19.4 Å². The Balaban J connectivity index is 2.32. The Morgan fingerprint density at radius 1 is 1.70 bits per heavy atom. The van der Waals surface area contributed by atoms with Gasteiger partial charge < -0.3 is 9.84 Å². The first kappa shape index (κ1) is 7.95. The molecule has 1 fully saturated rings. The van der Waals surface area contributed by atoms with Gasteiger partial charge in [-0.1, -0.05) is 0 Å². The summed E-state index contributed by atoms with van der Waals surface area (Å²) in [6.45, 7) is 0.519. The molecule has 0 atom stereocenters. The maximum Gasteiger partial charge on any atom is 0.102 e. The summed E-state index contributed by atoms with van der Waals surface area (Å²) in [6, 6.07) is 0. The third-order valence-corrected chi connectivity index (χ3v) is 2.09. The fraction of sp³-hybridized carbons (Fsp3) is 1.00. The van der Waals surface area contributed by atoms with Crippen molar-refractivity contribution in [1.29, 1.82) is 0 Å². The van der Waals surface area contributed by atoms with E-state index in [-0.39, 0.29) is 12.0 Å². The Kier molecular flexibility index (Phi) is 2.26. The molecule has 0 aliphatic heterocycles. The fourth-order valence-corrected chi connectivity index (χ4v) is 1.48. The van der Waals surface area contributed by atoms with Crippen LogP contribution in [0.1, 0.15) is 12.8 Å². The molecular weight excluding hydrogens is 135 g/mol. The van der Waals surface area contributed by atoms with Crippen molar-refractivity contribution in [2.24, 2.45) is 5.41 Å². The van der Waals surface area contributed by atoms with Gasteiger partial charge in [-0.05, 0) is 12.8 Å². The highest BCUT2D eigenvalue weighted by molar-refractivity contribution is 4.93. The van der Waals surface area contributed by atoms with E-state index in [9.17, 15) is 4.39 Å². The van der Waals surface area contributed by atoms with Crippen molar-refractivity contribution < 1.29 is 14.2 Å². The molecule has 0 bridgehead atoms. The number of aliphatic hydroxyl groups is 1. The van der Waals surface area contributed by atoms with Crippen molar-refractivity contribution in [2.45, 2.75) is 19.0 Å². The Labute approximate surface area is 60.0 Å². The molecule has 10 heavy (non-hydrogen) atoms. The Bertz CT molecular complexity index is 105. The highest BCUT2D eigenvalue weighted by Crippen LogP contribution is 2.42. The van der Waals surface area contributed by atoms with Gasteiger partial charge in [0.25, 0.3) is 0 Å². The second-order valence-corrected chi connectivity index (χ2v) is 3.10. The molecule has 1 aliphatic rings. The minimum atomic E-state index is -0.720. The monoisotopic (exact) mass is 148 g/mol. The van der Waals surface area contributed by atoms with Gasteiger partial charge in [-0.25, -0.2) is 4.39 Å². The average Bonchev–Trinajstić information content (AvgIpc) is 1.84. The van der Waals surface area contributed by atoms with E-state index in [1.54, 1.807) is 7.11 Å². The van der Waals surface area contributed by atoms with Crippen molar-refractivity contribution in [3.8, 4) is 0 Å². The molecule has 0 radical (unpaired) electrons. The Morgan fingerprint density at radius 2 is 2.30 bits per heavy atom. The zero-order valence-corrected chi connectivity index (χ0v) is 6.14. The highest BCUT2D eigenvalue weighted by atomic mass is 19.1. The lowest BCUT2D eigenvalue weighted by Crippen LogP contribution is -2.44. The number of methoxy groups -OCH3 is 1. The summed E-state index contributed by atoms with van der Waals surface area (Å²) in [7, 11) is 1.57. The summed E-state index contributed by atoms with van der Waals surface area (Å²) in [6.07, 6.45) is 0.191. The van der Waals surface area contributed by atoms with Gasteiger partial charge in [0.15, 0.2) is 0 Å². The smallest absolute Gasteiger partial charge is 0.102 e. The Morgan fingerprint density at radius 3 is 2.60 bits per heavy atom. The van der Waals surface area contributed by atoms with Crippen LogP contribution in [-0.2, 0) is 4.74 Å². The molecule has 1 rings (SSSR count). The molecule has 0 heterocycles. The lowest BCUT2D eigenvalue weighted by atomic mass is 9.69. The lowest BCUT2D eigenvalue weighted by molar-refractivity contribution is -0.0712. The van der Waals surface area contributed by atoms with Crippen LogP contribution in [0.2, 0.25) is 0 Å². The zero-order chi connectivity index (χ0) is 7.61. The SMILES string of the molecule is COCC1(CO)CC(F)C1. The van der Waals surface area contributed by atoms with Crippen LogP contribution < -0.4 is 0 Å². The van der Waals surface area contributed by atoms with E-state index in [4.69, 9.17) is 9.84 Å². The van der Waals surface area contributed by atoms with Crippen molar-refractivity contribution in [3.63, 3.8) is 0 Å². The molecule has 1 N–H and O–H groups in total. The van der Waals surface area contributed by atoms with Gasteiger partial charge in [-0.3, -0.25) is 0 Å². The molecule has 60 valence electrons. The molecule has 0 amide bonds. The minimum Gasteiger partial charge on any atom is -0.396 e. The molecule has 1 aliphatic carbocycles. The average molecular weight is 148 g/mol. The molecule has 2 nitrogen and oxygen atoms in total. The van der Waals surface area contributed by atoms with Crippen molar-refractivity contribution in [3.05, 3.63) is 0 Å². The standard InChI is InChI=1S/C7H13FO2/c1-10-5-7(4-9)2-6(8)3-7/h6,9H,2-5H2,1H3. The van der Waals surface area contributed by atoms with E-state index in [1.165, 1.54) is 0 Å². The van der Waals surface area contributed by atoms with Gasteiger partial charge >= 0.3 is 0 Å². The largest absolute Gasteiger partial charge is 0.396 e. The summed E-state index contributed by atoms with van der Waals surface area (Å²) in [5.41, 5.74) is -0.256. The first-order valence-corrected chi connectivity index (χ1v) is 3.46. The molecular formula is C7H13FO2. The number of ether oxygens (including phenoxy) is 1. The Hall–Kier alpha value is -0.150. The molecule has 1 saturated carbocycles. The van der Waals surface area contributed by atoms with Crippen LogP contribution in [0, 0.1) is 5.41 Å². The third kappa shape index (κ3) is 1.30. The van der Waals surface area contributed by atoms with Gasteiger partial charge in [-0.15, -0.1) is 0 Å². The normalized spacial score (nSPS) is 39.3. The molecule has 0 aromatic heterocycles. The molecule has 0 spiro atoms. The number of hydrogen-bond acceptors (Lipinski definition) is 2. The quantitative estimate of drug-likeness (QED) is 0.639. The van der Waals surface area contributed by atoms with Gasteiger partial charge in [0, 0.05) is 12.5 Å². The maximum absolute atomic E-state index is 12.4. The van der Waals surface area contributed by atoms with E-state index in [1.807, 2.05) is 0 Å². The van der Waals surface area contributed by atoms with Gasteiger partial charge in [0.05, 0.1) is 13.2 Å². The van der Waals surface area contributed by atoms with Crippen LogP contribution in [0.3, 0.4) is 0 Å². The van der Waals surface area contributed by atoms with Crippen LogP contribution in [0.25, 0.3) is 0 Å². The van der Waals surface area contributed by atoms with E-state index in [0.717, 1.165) is 0 Å². The number of aliphatic hydroxyl groups excluding tert-OH is 1. The second-order valence-electron chi connectivity index (χ2n) is 3.10. The number of rotatable bonds is 3. The summed E-state index contributed by atoms with van der Waals surface area (Å²) < 4.78 is 17.2. The molecule has 0 unspecified atom stereocenters. The summed E-state index contributed by atoms with van der Waals surface area (Å²) in [5, 5.41) is 8.84. The summed E-state index contributed by atoms with van der Waals surface area (Å²) >= 11 is 0. The summed E-state index contributed by atoms with van der Waals surface area (Å²) in [5.74, 6) is 0. The highest BCUT2D eigenvalue weighted by Gasteiger charge is 2.44. The van der Waals surface area contributed by atoms with E-state index >= 15 is 0 Å². The maximum atomic E-state index is 12.4. The zero-order valence-electron chi connectivity index (χ0n) is 6.14. The molecule has 3 heteroatoms. The first-order valence-electron chi connectivity index (χ1n) is 3.46. The van der Waals surface area contributed by atoms with Crippen LogP contribution in [0.5, 0.6) is 0 Å². The van der Waals surface area contributed by atoms with E-state index in [2.05, 4.69) is 0 Å². The van der Waals surface area contributed by atoms with Gasteiger partial charge in [0.2, 0.25) is 0 Å². The van der Waals surface area contributed by atoms with Crippen LogP contribution in [-0.4, -0.2) is 31.6 Å². The van der Waals surface area contributed by atoms with Crippen LogP contribution in [0.15, 0.2) is 0 Å². The number of halogens is 1. The third-order valence-electron chi connectivity index (χ3n) is 2.09. The number of alkyl halides is 1. The van der Waals surface area contributed by atoms with Crippen molar-refractivity contribution in [2.75, 3.05) is 20.3 Å². The molecule has 0 saturated heterocycles. The second kappa shape index (κ2) is 2.84. The fourth-order valence-electron chi connectivity index (χ4n) is 1.48. The minimum absolute atomic E-state index is 0.0429. The van der Waals surface area contributed by atoms with Crippen molar-refractivity contribution >= 4 is 0 Å². The predicted octanol–water partition coefficient (Wildman–Crippen LogP) is 0.743. The number of hydrogen-bond donors (Lipinski definition) is 1. The van der Waals surface area contributed by atoms with Crippen LogP contribution >= 0.6 is 0 Å². The molecule has 0 aromatic carbocycles.